The molecular formula is C24H33N3O2S. The summed E-state index contributed by atoms with van der Waals surface area (Å²) in [7, 11) is 4.01. The fourth-order valence-corrected chi connectivity index (χ4v) is 4.71. The van der Waals surface area contributed by atoms with Crippen molar-refractivity contribution < 1.29 is 9.59 Å². The lowest BCUT2D eigenvalue weighted by Crippen LogP contribution is -2.37. The Morgan fingerprint density at radius 1 is 1.20 bits per heavy atom. The molecule has 0 bridgehead atoms. The normalized spacial score (nSPS) is 15.1. The number of thiophene rings is 1. The van der Waals surface area contributed by atoms with Crippen LogP contribution in [-0.4, -0.2) is 36.9 Å². The van der Waals surface area contributed by atoms with Gasteiger partial charge in [-0.3, -0.25) is 9.59 Å². The molecule has 0 aliphatic heterocycles. The summed E-state index contributed by atoms with van der Waals surface area (Å²) in [6.07, 6.45) is 5.11. The van der Waals surface area contributed by atoms with Crippen LogP contribution in [0.25, 0.3) is 0 Å². The highest BCUT2D eigenvalue weighted by Gasteiger charge is 2.25. The Hall–Kier alpha value is -2.34. The predicted octanol–water partition coefficient (Wildman–Crippen LogP) is 5.38. The zero-order valence-electron chi connectivity index (χ0n) is 18.5. The molecule has 1 atom stereocenters. The van der Waals surface area contributed by atoms with E-state index in [1.54, 1.807) is 0 Å². The van der Waals surface area contributed by atoms with Crippen LogP contribution < -0.4 is 10.2 Å². The highest BCUT2D eigenvalue weighted by atomic mass is 32.1. The van der Waals surface area contributed by atoms with Crippen LogP contribution in [0.15, 0.2) is 35.7 Å². The summed E-state index contributed by atoms with van der Waals surface area (Å²) in [5.41, 5.74) is 2.90. The average molecular weight is 428 g/mol. The van der Waals surface area contributed by atoms with Gasteiger partial charge in [-0.15, -0.1) is 11.3 Å². The molecule has 1 saturated carbocycles. The van der Waals surface area contributed by atoms with E-state index < -0.39 is 0 Å². The maximum atomic E-state index is 13.2. The van der Waals surface area contributed by atoms with Gasteiger partial charge in [-0.2, -0.15) is 0 Å². The van der Waals surface area contributed by atoms with E-state index in [1.165, 1.54) is 11.3 Å². The zero-order valence-corrected chi connectivity index (χ0v) is 19.3. The van der Waals surface area contributed by atoms with Crippen molar-refractivity contribution in [3.8, 4) is 0 Å². The first-order valence-electron chi connectivity index (χ1n) is 10.9. The largest absolute Gasteiger partial charge is 0.377 e. The minimum Gasteiger partial charge on any atom is -0.377 e. The molecule has 1 aromatic carbocycles. The van der Waals surface area contributed by atoms with Gasteiger partial charge in [-0.1, -0.05) is 25.8 Å². The van der Waals surface area contributed by atoms with Gasteiger partial charge in [0.05, 0.1) is 4.88 Å². The Bertz CT molecular complexity index is 857. The number of rotatable bonds is 8. The summed E-state index contributed by atoms with van der Waals surface area (Å²) in [5, 5.41) is 5.04. The number of carbonyl (C=O) groups excluding carboxylic acids is 2. The number of amides is 2. The third-order valence-electron chi connectivity index (χ3n) is 6.01. The van der Waals surface area contributed by atoms with Gasteiger partial charge in [0, 0.05) is 44.0 Å². The number of hydrogen-bond acceptors (Lipinski definition) is 4. The van der Waals surface area contributed by atoms with Gasteiger partial charge in [0.2, 0.25) is 5.91 Å². The second-order valence-electron chi connectivity index (χ2n) is 8.38. The summed E-state index contributed by atoms with van der Waals surface area (Å²) in [5.74, 6) is 0.299. The maximum absolute atomic E-state index is 13.2. The highest BCUT2D eigenvalue weighted by Crippen LogP contribution is 2.29. The molecule has 1 N–H and O–H groups in total. The van der Waals surface area contributed by atoms with E-state index in [0.29, 0.717) is 6.54 Å². The molecule has 0 spiro atoms. The molecule has 162 valence electrons. The van der Waals surface area contributed by atoms with Crippen LogP contribution >= 0.6 is 11.3 Å². The summed E-state index contributed by atoms with van der Waals surface area (Å²) in [4.78, 5) is 30.5. The van der Waals surface area contributed by atoms with Crippen molar-refractivity contribution in [2.45, 2.75) is 58.5 Å². The first kappa shape index (κ1) is 22.3. The van der Waals surface area contributed by atoms with E-state index in [2.05, 4.69) is 24.1 Å². The number of benzene rings is 1. The molecule has 1 aliphatic carbocycles. The van der Waals surface area contributed by atoms with E-state index in [0.717, 1.165) is 53.9 Å². The lowest BCUT2D eigenvalue weighted by atomic mass is 10.1. The first-order valence-corrected chi connectivity index (χ1v) is 11.7. The minimum atomic E-state index is 0.0597. The Morgan fingerprint density at radius 2 is 1.93 bits per heavy atom. The van der Waals surface area contributed by atoms with Crippen molar-refractivity contribution in [2.75, 3.05) is 24.3 Å². The molecule has 1 unspecified atom stereocenters. The van der Waals surface area contributed by atoms with Gasteiger partial charge in [-0.25, -0.2) is 0 Å². The zero-order chi connectivity index (χ0) is 21.7. The van der Waals surface area contributed by atoms with E-state index in [-0.39, 0.29) is 23.8 Å². The molecule has 0 saturated heterocycles. The topological polar surface area (TPSA) is 52.7 Å². The van der Waals surface area contributed by atoms with Gasteiger partial charge in [0.25, 0.3) is 5.91 Å². The summed E-state index contributed by atoms with van der Waals surface area (Å²) >= 11 is 1.48. The van der Waals surface area contributed by atoms with Crippen molar-refractivity contribution in [3.05, 3.63) is 46.2 Å². The van der Waals surface area contributed by atoms with E-state index >= 15 is 0 Å². The molecule has 6 heteroatoms. The number of nitrogens with zero attached hydrogens (tertiary/aromatic N) is 2. The fourth-order valence-electron chi connectivity index (χ4n) is 4.03. The van der Waals surface area contributed by atoms with E-state index in [9.17, 15) is 9.59 Å². The molecule has 0 radical (unpaired) electrons. The second kappa shape index (κ2) is 10.1. The summed E-state index contributed by atoms with van der Waals surface area (Å²) in [6.45, 7) is 4.70. The van der Waals surface area contributed by atoms with Crippen LogP contribution in [0.4, 0.5) is 11.4 Å². The monoisotopic (exact) mass is 427 g/mol. The van der Waals surface area contributed by atoms with Crippen molar-refractivity contribution in [2.24, 2.45) is 5.92 Å². The number of hydrogen-bond donors (Lipinski definition) is 1. The lowest BCUT2D eigenvalue weighted by Gasteiger charge is -2.30. The standard InChI is InChI=1S/C24H33N3O2S/c1-5-17(2)27(24(29)22-11-8-14-30-22)16-19-15-20(12-13-21(19)26(3)4)25-23(28)18-9-6-7-10-18/h8,11-15,17-18H,5-7,9-10,16H2,1-4H3,(H,25,28). The molecule has 2 aromatic rings. The van der Waals surface area contributed by atoms with Crippen LogP contribution in [0.3, 0.4) is 0 Å². The third kappa shape index (κ3) is 5.22. The molecule has 1 fully saturated rings. The number of anilines is 2. The molecule has 3 rings (SSSR count). The lowest BCUT2D eigenvalue weighted by molar-refractivity contribution is -0.119. The predicted molar refractivity (Wildman–Crippen MR) is 125 cm³/mol. The molecule has 30 heavy (non-hydrogen) atoms. The Labute approximate surface area is 184 Å². The number of carbonyl (C=O) groups is 2. The van der Waals surface area contributed by atoms with Crippen LogP contribution in [0, 0.1) is 5.92 Å². The van der Waals surface area contributed by atoms with E-state index in [1.807, 2.05) is 54.7 Å². The van der Waals surface area contributed by atoms with Crippen molar-refractivity contribution in [1.29, 1.82) is 0 Å². The van der Waals surface area contributed by atoms with E-state index in [4.69, 9.17) is 0 Å². The third-order valence-corrected chi connectivity index (χ3v) is 6.87. The van der Waals surface area contributed by atoms with Crippen LogP contribution in [0.2, 0.25) is 0 Å². The molecule has 5 nitrogen and oxygen atoms in total. The Morgan fingerprint density at radius 3 is 2.53 bits per heavy atom. The van der Waals surface area contributed by atoms with Gasteiger partial charge in [0.15, 0.2) is 0 Å². The van der Waals surface area contributed by atoms with Gasteiger partial charge in [0.1, 0.15) is 0 Å². The quantitative estimate of drug-likeness (QED) is 0.615. The Balaban J connectivity index is 1.86. The second-order valence-corrected chi connectivity index (χ2v) is 9.32. The van der Waals surface area contributed by atoms with Crippen molar-refractivity contribution in [1.82, 2.24) is 4.90 Å². The maximum Gasteiger partial charge on any atom is 0.264 e. The van der Waals surface area contributed by atoms with Crippen molar-refractivity contribution >= 4 is 34.5 Å². The molecular weight excluding hydrogens is 394 g/mol. The van der Waals surface area contributed by atoms with Crippen LogP contribution in [0.5, 0.6) is 0 Å². The van der Waals surface area contributed by atoms with Crippen molar-refractivity contribution in [3.63, 3.8) is 0 Å². The van der Waals surface area contributed by atoms with Gasteiger partial charge < -0.3 is 15.1 Å². The smallest absolute Gasteiger partial charge is 0.264 e. The van der Waals surface area contributed by atoms with Crippen LogP contribution in [0.1, 0.15) is 61.2 Å². The first-order chi connectivity index (χ1) is 14.4. The summed E-state index contributed by atoms with van der Waals surface area (Å²) in [6, 6.07) is 9.93. The van der Waals surface area contributed by atoms with Gasteiger partial charge in [-0.05, 0) is 61.4 Å². The average Bonchev–Trinajstić information content (AvgIpc) is 3.45. The van der Waals surface area contributed by atoms with Crippen LogP contribution in [-0.2, 0) is 11.3 Å². The SMILES string of the molecule is CCC(C)N(Cc1cc(NC(=O)C2CCCC2)ccc1N(C)C)C(=O)c1cccs1. The molecule has 1 aliphatic rings. The number of nitrogens with one attached hydrogen (secondary N) is 1. The van der Waals surface area contributed by atoms with Gasteiger partial charge >= 0.3 is 0 Å². The fraction of sp³-hybridized carbons (Fsp3) is 0.500. The highest BCUT2D eigenvalue weighted by molar-refractivity contribution is 7.12. The minimum absolute atomic E-state index is 0.0597. The molecule has 2 amide bonds. The summed E-state index contributed by atoms with van der Waals surface area (Å²) < 4.78 is 0. The Kier molecular flexibility index (Phi) is 7.53. The molecule has 1 heterocycles. The molecule has 1 aromatic heterocycles.